The largest absolute Gasteiger partial charge is 0.485 e. The number of carbonyl (C=O) groups excluding carboxylic acids is 1. The number of benzene rings is 2. The van der Waals surface area contributed by atoms with Crippen molar-refractivity contribution in [3.8, 4) is 5.75 Å². The Morgan fingerprint density at radius 2 is 1.91 bits per heavy atom. The van der Waals surface area contributed by atoms with E-state index in [1.165, 1.54) is 34.8 Å². The third-order valence-corrected chi connectivity index (χ3v) is 4.66. The molecule has 2 aromatic heterocycles. The van der Waals surface area contributed by atoms with Gasteiger partial charge in [-0.1, -0.05) is 26.0 Å². The maximum atomic E-state index is 13.1. The molecule has 0 aliphatic heterocycles. The standard InChI is InChI=1S/C23H22FN5O3/c1-15(2)12-28-14-25-23-26-18(11-21(30)29(23)28)13-32-20-6-4-3-5-19(20)27-22(31)16-7-9-17(24)10-8-16/h3-11,14-15H,12-13H2,1-2H3,(H,27,31). The average Bonchev–Trinajstić information content (AvgIpc) is 3.16. The fourth-order valence-electron chi connectivity index (χ4n) is 3.23. The molecule has 1 N–H and O–H groups in total. The molecule has 32 heavy (non-hydrogen) atoms. The molecule has 0 fully saturated rings. The number of hydrogen-bond acceptors (Lipinski definition) is 5. The summed E-state index contributed by atoms with van der Waals surface area (Å²) in [5.74, 6) is 0.253. The lowest BCUT2D eigenvalue weighted by Gasteiger charge is -2.12. The number of aromatic nitrogens is 4. The first kappa shape index (κ1) is 21.2. The molecule has 0 atom stereocenters. The average molecular weight is 435 g/mol. The maximum Gasteiger partial charge on any atom is 0.274 e. The fraction of sp³-hybridized carbons (Fsp3) is 0.217. The molecular weight excluding hydrogens is 413 g/mol. The zero-order valence-corrected chi connectivity index (χ0v) is 17.7. The van der Waals surface area contributed by atoms with Crippen molar-refractivity contribution in [2.24, 2.45) is 5.92 Å². The van der Waals surface area contributed by atoms with Gasteiger partial charge in [0.1, 0.15) is 24.5 Å². The molecule has 8 nitrogen and oxygen atoms in total. The van der Waals surface area contributed by atoms with E-state index in [4.69, 9.17) is 4.74 Å². The minimum Gasteiger partial charge on any atom is -0.485 e. The van der Waals surface area contributed by atoms with Crippen LogP contribution in [0.4, 0.5) is 10.1 Å². The maximum absolute atomic E-state index is 13.1. The summed E-state index contributed by atoms with van der Waals surface area (Å²) in [6, 6.07) is 13.6. The zero-order chi connectivity index (χ0) is 22.7. The first-order valence-electron chi connectivity index (χ1n) is 10.1. The van der Waals surface area contributed by atoms with Crippen LogP contribution in [-0.4, -0.2) is 25.1 Å². The Balaban J connectivity index is 1.51. The van der Waals surface area contributed by atoms with E-state index >= 15 is 0 Å². The smallest absolute Gasteiger partial charge is 0.274 e. The van der Waals surface area contributed by atoms with Crippen molar-refractivity contribution < 1.29 is 13.9 Å². The number of hydrogen-bond donors (Lipinski definition) is 1. The number of nitrogens with one attached hydrogen (secondary N) is 1. The van der Waals surface area contributed by atoms with Gasteiger partial charge in [0, 0.05) is 18.2 Å². The molecule has 0 aliphatic rings. The Bertz CT molecular complexity index is 1310. The minimum atomic E-state index is -0.417. The summed E-state index contributed by atoms with van der Waals surface area (Å²) in [5, 5.41) is 2.76. The van der Waals surface area contributed by atoms with Crippen LogP contribution in [0.25, 0.3) is 5.78 Å². The van der Waals surface area contributed by atoms with E-state index < -0.39 is 11.7 Å². The Labute approximate surface area is 183 Å². The Morgan fingerprint density at radius 1 is 1.16 bits per heavy atom. The molecule has 164 valence electrons. The summed E-state index contributed by atoms with van der Waals surface area (Å²) < 4.78 is 22.1. The van der Waals surface area contributed by atoms with Crippen molar-refractivity contribution in [3.63, 3.8) is 0 Å². The SMILES string of the molecule is CC(C)Cn1cnc2nc(COc3ccccc3NC(=O)c3ccc(F)cc3)cc(=O)n21. The van der Waals surface area contributed by atoms with Gasteiger partial charge in [0.2, 0.25) is 0 Å². The van der Waals surface area contributed by atoms with E-state index in [2.05, 4.69) is 29.1 Å². The van der Waals surface area contributed by atoms with Gasteiger partial charge in [0.25, 0.3) is 17.2 Å². The number of ether oxygens (including phenoxy) is 1. The van der Waals surface area contributed by atoms with Crippen LogP contribution < -0.4 is 15.6 Å². The lowest BCUT2D eigenvalue weighted by molar-refractivity contribution is 0.102. The predicted octanol–water partition coefficient (Wildman–Crippen LogP) is 3.52. The monoisotopic (exact) mass is 435 g/mol. The van der Waals surface area contributed by atoms with Crippen LogP contribution in [0.1, 0.15) is 29.9 Å². The van der Waals surface area contributed by atoms with Gasteiger partial charge < -0.3 is 10.1 Å². The van der Waals surface area contributed by atoms with E-state index in [-0.39, 0.29) is 12.2 Å². The van der Waals surface area contributed by atoms with Crippen LogP contribution in [0, 0.1) is 11.7 Å². The van der Waals surface area contributed by atoms with Crippen LogP contribution in [-0.2, 0) is 13.2 Å². The van der Waals surface area contributed by atoms with Crippen LogP contribution in [0.3, 0.4) is 0 Å². The molecule has 1 amide bonds. The highest BCUT2D eigenvalue weighted by Crippen LogP contribution is 2.25. The molecule has 0 bridgehead atoms. The number of halogens is 1. The molecule has 4 aromatic rings. The second-order valence-electron chi connectivity index (χ2n) is 7.70. The second-order valence-corrected chi connectivity index (χ2v) is 7.70. The van der Waals surface area contributed by atoms with Gasteiger partial charge in [-0.25, -0.2) is 9.37 Å². The molecule has 0 radical (unpaired) electrons. The van der Waals surface area contributed by atoms with Gasteiger partial charge in [-0.3, -0.25) is 14.3 Å². The summed E-state index contributed by atoms with van der Waals surface area (Å²) in [7, 11) is 0. The van der Waals surface area contributed by atoms with Crippen molar-refractivity contribution in [1.29, 1.82) is 0 Å². The minimum absolute atomic E-state index is 0.0201. The Hall–Kier alpha value is -4.01. The molecule has 2 heterocycles. The van der Waals surface area contributed by atoms with Gasteiger partial charge in [0.15, 0.2) is 0 Å². The van der Waals surface area contributed by atoms with Gasteiger partial charge >= 0.3 is 0 Å². The van der Waals surface area contributed by atoms with Crippen molar-refractivity contribution in [1.82, 2.24) is 19.2 Å². The van der Waals surface area contributed by atoms with Crippen LogP contribution in [0.5, 0.6) is 5.75 Å². The molecule has 0 unspecified atom stereocenters. The quantitative estimate of drug-likeness (QED) is 0.480. The van der Waals surface area contributed by atoms with Crippen molar-refractivity contribution in [2.45, 2.75) is 27.0 Å². The van der Waals surface area contributed by atoms with Gasteiger partial charge in [-0.05, 0) is 42.3 Å². The molecule has 9 heteroatoms. The number of carbonyl (C=O) groups is 1. The normalized spacial score (nSPS) is 11.1. The third kappa shape index (κ3) is 4.66. The second kappa shape index (κ2) is 9.01. The first-order chi connectivity index (χ1) is 15.4. The highest BCUT2D eigenvalue weighted by Gasteiger charge is 2.12. The molecule has 2 aromatic carbocycles. The van der Waals surface area contributed by atoms with Gasteiger partial charge in [-0.15, -0.1) is 0 Å². The van der Waals surface area contributed by atoms with Crippen molar-refractivity contribution >= 4 is 17.4 Å². The summed E-state index contributed by atoms with van der Waals surface area (Å²) in [4.78, 5) is 33.7. The highest BCUT2D eigenvalue weighted by atomic mass is 19.1. The molecule has 0 saturated heterocycles. The Morgan fingerprint density at radius 3 is 2.66 bits per heavy atom. The summed E-state index contributed by atoms with van der Waals surface area (Å²) in [5.41, 5.74) is 0.938. The summed E-state index contributed by atoms with van der Waals surface area (Å²) >= 11 is 0. The van der Waals surface area contributed by atoms with E-state index in [0.717, 1.165) is 0 Å². The van der Waals surface area contributed by atoms with Crippen molar-refractivity contribution in [3.05, 3.63) is 88.4 Å². The third-order valence-electron chi connectivity index (χ3n) is 4.66. The van der Waals surface area contributed by atoms with E-state index in [1.54, 1.807) is 35.3 Å². The molecule has 0 saturated carbocycles. The molecule has 0 aliphatic carbocycles. The number of fused-ring (bicyclic) bond motifs is 1. The Kier molecular flexibility index (Phi) is 5.98. The lowest BCUT2D eigenvalue weighted by Crippen LogP contribution is -2.23. The topological polar surface area (TPSA) is 90.5 Å². The number of amides is 1. The van der Waals surface area contributed by atoms with Gasteiger partial charge in [-0.2, -0.15) is 9.50 Å². The fourth-order valence-corrected chi connectivity index (χ4v) is 3.23. The van der Waals surface area contributed by atoms with Crippen LogP contribution in [0.2, 0.25) is 0 Å². The number of rotatable bonds is 7. The van der Waals surface area contributed by atoms with Crippen LogP contribution >= 0.6 is 0 Å². The van der Waals surface area contributed by atoms with Gasteiger partial charge in [0.05, 0.1) is 11.4 Å². The summed E-state index contributed by atoms with van der Waals surface area (Å²) in [6.45, 7) is 4.78. The number of para-hydroxylation sites is 2. The van der Waals surface area contributed by atoms with E-state index in [1.807, 2.05) is 0 Å². The number of anilines is 1. The number of nitrogens with zero attached hydrogens (tertiary/aromatic N) is 4. The lowest BCUT2D eigenvalue weighted by atomic mass is 10.2. The highest BCUT2D eigenvalue weighted by molar-refractivity contribution is 6.04. The van der Waals surface area contributed by atoms with E-state index in [0.29, 0.717) is 40.9 Å². The van der Waals surface area contributed by atoms with Crippen molar-refractivity contribution in [2.75, 3.05) is 5.32 Å². The molecule has 4 rings (SSSR count). The molecule has 0 spiro atoms. The molecular formula is C23H22FN5O3. The summed E-state index contributed by atoms with van der Waals surface area (Å²) in [6.07, 6.45) is 1.59. The first-order valence-corrected chi connectivity index (χ1v) is 10.1. The zero-order valence-electron chi connectivity index (χ0n) is 17.7. The predicted molar refractivity (Wildman–Crippen MR) is 117 cm³/mol. The van der Waals surface area contributed by atoms with Crippen LogP contribution in [0.15, 0.2) is 65.7 Å². The van der Waals surface area contributed by atoms with E-state index in [9.17, 15) is 14.0 Å².